The number of esters is 1. The van der Waals surface area contributed by atoms with Crippen LogP contribution in [0, 0.1) is 0 Å². The number of carbonyl (C=O) groups excluding carboxylic acids is 1. The molecule has 0 aromatic rings. The van der Waals surface area contributed by atoms with Crippen molar-refractivity contribution in [3.05, 3.63) is 21.3 Å². The first-order valence-electron chi connectivity index (χ1n) is 4.72. The second kappa shape index (κ2) is 5.56. The minimum atomic E-state index is -1.30. The number of carbonyl (C=O) groups is 1. The fraction of sp³-hybridized carbons (Fsp3) is 0.444. The summed E-state index contributed by atoms with van der Waals surface area (Å²) in [4.78, 5) is 11.5. The fourth-order valence-electron chi connectivity index (χ4n) is 1.35. The second-order valence-electron chi connectivity index (χ2n) is 3.11. The molecule has 2 unspecified atom stereocenters. The molecule has 0 aromatic carbocycles. The largest absolute Gasteiger partial charge is 0.465 e. The Morgan fingerprint density at radius 1 is 1.81 bits per heavy atom. The molecule has 1 heterocycles. The highest BCUT2D eigenvalue weighted by molar-refractivity contribution is 8.26. The van der Waals surface area contributed by atoms with Gasteiger partial charge in [0.05, 0.1) is 16.2 Å². The smallest absolute Gasteiger partial charge is 0.317 e. The maximum absolute atomic E-state index is 13.3. The van der Waals surface area contributed by atoms with Crippen LogP contribution in [0.15, 0.2) is 21.3 Å². The van der Waals surface area contributed by atoms with Gasteiger partial charge in [-0.1, -0.05) is 11.6 Å². The van der Waals surface area contributed by atoms with Gasteiger partial charge < -0.3 is 10.2 Å². The van der Waals surface area contributed by atoms with E-state index in [2.05, 4.69) is 5.43 Å². The predicted octanol–water partition coefficient (Wildman–Crippen LogP) is 1.63. The zero-order valence-electron chi connectivity index (χ0n) is 8.96. The van der Waals surface area contributed by atoms with E-state index in [1.807, 2.05) is 0 Å². The lowest BCUT2D eigenvalue weighted by Crippen LogP contribution is -2.27. The number of ether oxygens (including phenoxy) is 1. The molecule has 1 aliphatic heterocycles. The fourth-order valence-corrected chi connectivity index (χ4v) is 4.08. The molecule has 92 valence electrons. The van der Waals surface area contributed by atoms with Gasteiger partial charge in [0.1, 0.15) is 5.03 Å². The van der Waals surface area contributed by atoms with Crippen molar-refractivity contribution in [3.63, 3.8) is 0 Å². The maximum atomic E-state index is 13.3. The Balaban J connectivity index is 2.87. The van der Waals surface area contributed by atoms with Gasteiger partial charge >= 0.3 is 5.97 Å². The standard InChI is InChI=1S/C9H14ClFN2O2S/c1-3-15-9(14)5(2)16-7(10)4-6(11)8(16)13-12/h4-5,13,16H,3,12H2,1-2H3. The Morgan fingerprint density at radius 3 is 2.94 bits per heavy atom. The van der Waals surface area contributed by atoms with E-state index >= 15 is 0 Å². The third-order valence-corrected chi connectivity index (χ3v) is 5.15. The average molecular weight is 269 g/mol. The summed E-state index contributed by atoms with van der Waals surface area (Å²) in [5, 5.41) is -0.335. The summed E-state index contributed by atoms with van der Waals surface area (Å²) in [5.41, 5.74) is 2.26. The second-order valence-corrected chi connectivity index (χ2v) is 6.22. The van der Waals surface area contributed by atoms with Crippen molar-refractivity contribution < 1.29 is 13.9 Å². The number of thiol groups is 1. The molecule has 0 saturated carbocycles. The van der Waals surface area contributed by atoms with E-state index < -0.39 is 27.9 Å². The van der Waals surface area contributed by atoms with E-state index in [4.69, 9.17) is 22.2 Å². The summed E-state index contributed by atoms with van der Waals surface area (Å²) >= 11 is 5.89. The molecule has 3 N–H and O–H groups in total. The summed E-state index contributed by atoms with van der Waals surface area (Å²) in [6.07, 6.45) is 1.18. The van der Waals surface area contributed by atoms with E-state index in [1.165, 1.54) is 6.08 Å². The van der Waals surface area contributed by atoms with Gasteiger partial charge in [0, 0.05) is 6.08 Å². The number of hydrazine groups is 1. The van der Waals surface area contributed by atoms with E-state index in [0.29, 0.717) is 4.36 Å². The molecular weight excluding hydrogens is 255 g/mol. The van der Waals surface area contributed by atoms with E-state index in [1.54, 1.807) is 13.8 Å². The third-order valence-electron chi connectivity index (χ3n) is 2.09. The molecule has 1 rings (SSSR count). The van der Waals surface area contributed by atoms with E-state index in [-0.39, 0.29) is 11.6 Å². The average Bonchev–Trinajstić information content (AvgIpc) is 2.52. The van der Waals surface area contributed by atoms with Crippen molar-refractivity contribution >= 4 is 28.5 Å². The quantitative estimate of drug-likeness (QED) is 0.314. The molecule has 0 aliphatic carbocycles. The van der Waals surface area contributed by atoms with Gasteiger partial charge in [0.2, 0.25) is 0 Å². The Morgan fingerprint density at radius 2 is 2.44 bits per heavy atom. The van der Waals surface area contributed by atoms with Crippen LogP contribution in [0.5, 0.6) is 0 Å². The van der Waals surface area contributed by atoms with Gasteiger partial charge in [-0.2, -0.15) is 10.9 Å². The number of hydrogen-bond acceptors (Lipinski definition) is 4. The first-order valence-corrected chi connectivity index (χ1v) is 6.51. The van der Waals surface area contributed by atoms with Crippen molar-refractivity contribution in [2.45, 2.75) is 19.1 Å². The van der Waals surface area contributed by atoms with E-state index in [0.717, 1.165) is 0 Å². The Bertz CT molecular complexity index is 359. The molecule has 0 bridgehead atoms. The Kier molecular flexibility index (Phi) is 4.64. The van der Waals surface area contributed by atoms with Crippen molar-refractivity contribution in [1.82, 2.24) is 5.43 Å². The van der Waals surface area contributed by atoms with Crippen LogP contribution in [-0.4, -0.2) is 17.8 Å². The molecule has 0 saturated heterocycles. The molecule has 1 aliphatic rings. The van der Waals surface area contributed by atoms with Crippen LogP contribution in [-0.2, 0) is 9.53 Å². The van der Waals surface area contributed by atoms with Crippen LogP contribution >= 0.6 is 22.5 Å². The van der Waals surface area contributed by atoms with E-state index in [9.17, 15) is 9.18 Å². The zero-order chi connectivity index (χ0) is 12.3. The third kappa shape index (κ3) is 2.50. The van der Waals surface area contributed by atoms with Gasteiger partial charge in [-0.05, 0) is 13.8 Å². The molecule has 2 atom stereocenters. The molecule has 4 nitrogen and oxygen atoms in total. The lowest BCUT2D eigenvalue weighted by Gasteiger charge is -2.25. The van der Waals surface area contributed by atoms with Gasteiger partial charge in [-0.25, -0.2) is 10.2 Å². The minimum Gasteiger partial charge on any atom is -0.465 e. The number of nitrogens with one attached hydrogen (secondary N) is 1. The SMILES string of the molecule is CCOC(=O)C(C)[SH]1C(Cl)=CC(F)=C1NN. The summed E-state index contributed by atoms with van der Waals surface area (Å²) in [6, 6.07) is 0. The van der Waals surface area contributed by atoms with Gasteiger partial charge in [0.25, 0.3) is 0 Å². The number of allylic oxidation sites excluding steroid dienone is 2. The monoisotopic (exact) mass is 268 g/mol. The number of nitrogens with two attached hydrogens (primary N) is 1. The molecule has 0 aromatic heterocycles. The van der Waals surface area contributed by atoms with Gasteiger partial charge in [0.15, 0.2) is 5.83 Å². The lowest BCUT2D eigenvalue weighted by molar-refractivity contribution is -0.142. The molecule has 7 heteroatoms. The molecule has 0 radical (unpaired) electrons. The topological polar surface area (TPSA) is 64.3 Å². The van der Waals surface area contributed by atoms with Crippen molar-refractivity contribution in [2.75, 3.05) is 6.61 Å². The van der Waals surface area contributed by atoms with Crippen LogP contribution in [0.4, 0.5) is 4.39 Å². The minimum absolute atomic E-state index is 0.181. The maximum Gasteiger partial charge on any atom is 0.317 e. The number of halogens is 2. The predicted molar refractivity (Wildman–Crippen MR) is 64.5 cm³/mol. The highest BCUT2D eigenvalue weighted by Gasteiger charge is 2.32. The first kappa shape index (κ1) is 13.3. The molecule has 0 spiro atoms. The van der Waals surface area contributed by atoms with Crippen molar-refractivity contribution in [3.8, 4) is 0 Å². The highest BCUT2D eigenvalue weighted by atomic mass is 35.5. The molecule has 16 heavy (non-hydrogen) atoms. The first-order chi connectivity index (χ1) is 7.52. The van der Waals surface area contributed by atoms with Gasteiger partial charge in [-0.15, -0.1) is 0 Å². The summed E-state index contributed by atoms with van der Waals surface area (Å²) in [5.74, 6) is 4.29. The van der Waals surface area contributed by atoms with Crippen LogP contribution in [0.25, 0.3) is 0 Å². The Labute approximate surface area is 101 Å². The van der Waals surface area contributed by atoms with Crippen LogP contribution < -0.4 is 11.3 Å². The molecular formula is C9H14ClFN2O2S. The van der Waals surface area contributed by atoms with Crippen LogP contribution in [0.2, 0.25) is 0 Å². The zero-order valence-corrected chi connectivity index (χ0v) is 10.6. The normalized spacial score (nSPS) is 24.1. The highest BCUT2D eigenvalue weighted by Crippen LogP contribution is 2.54. The van der Waals surface area contributed by atoms with Crippen molar-refractivity contribution in [1.29, 1.82) is 0 Å². The lowest BCUT2D eigenvalue weighted by atomic mass is 10.5. The summed E-state index contributed by atoms with van der Waals surface area (Å²) in [7, 11) is -1.30. The Hall–Kier alpha value is -0.720. The van der Waals surface area contributed by atoms with Crippen molar-refractivity contribution in [2.24, 2.45) is 5.84 Å². The number of rotatable bonds is 4. The van der Waals surface area contributed by atoms with Crippen LogP contribution in [0.1, 0.15) is 13.8 Å². The van der Waals surface area contributed by atoms with Crippen LogP contribution in [0.3, 0.4) is 0 Å². The number of hydrogen-bond donors (Lipinski definition) is 3. The van der Waals surface area contributed by atoms with Gasteiger partial charge in [-0.3, -0.25) is 4.79 Å². The summed E-state index contributed by atoms with van der Waals surface area (Å²) in [6.45, 7) is 3.64. The summed E-state index contributed by atoms with van der Waals surface area (Å²) < 4.78 is 18.5. The molecule has 0 amide bonds. The molecule has 0 fully saturated rings.